The number of nitrogens with zero attached hydrogens (tertiary/aromatic N) is 4. The van der Waals surface area contributed by atoms with Crippen molar-refractivity contribution < 1.29 is 9.53 Å². The van der Waals surface area contributed by atoms with Crippen LogP contribution in [0.15, 0.2) is 79.1 Å². The van der Waals surface area contributed by atoms with Gasteiger partial charge in [-0.1, -0.05) is 44.2 Å². The third kappa shape index (κ3) is 4.77. The van der Waals surface area contributed by atoms with E-state index < -0.39 is 0 Å². The summed E-state index contributed by atoms with van der Waals surface area (Å²) in [5.74, 6) is 1.55. The third-order valence-corrected chi connectivity index (χ3v) is 6.41. The van der Waals surface area contributed by atoms with E-state index in [9.17, 15) is 4.79 Å². The first-order valence-corrected chi connectivity index (χ1v) is 12.1. The highest BCUT2D eigenvalue weighted by Gasteiger charge is 2.26. The van der Waals surface area contributed by atoms with Gasteiger partial charge in [0.2, 0.25) is 0 Å². The number of benzene rings is 3. The molecule has 7 heteroatoms. The summed E-state index contributed by atoms with van der Waals surface area (Å²) in [7, 11) is 1.66. The summed E-state index contributed by atoms with van der Waals surface area (Å²) < 4.78 is 7.70. The molecule has 0 radical (unpaired) electrons. The average Bonchev–Trinajstić information content (AvgIpc) is 3.27. The monoisotopic (exact) mass is 479 g/mol. The minimum Gasteiger partial charge on any atom is -0.497 e. The molecule has 0 aliphatic carbocycles. The molecule has 2 aromatic heterocycles. The third-order valence-electron chi connectivity index (χ3n) is 6.41. The van der Waals surface area contributed by atoms with Crippen molar-refractivity contribution in [2.45, 2.75) is 32.9 Å². The summed E-state index contributed by atoms with van der Waals surface area (Å²) in [6, 6.07) is 21.4. The highest BCUT2D eigenvalue weighted by atomic mass is 16.5. The minimum absolute atomic E-state index is 0.114. The van der Waals surface area contributed by atoms with Crippen molar-refractivity contribution in [3.05, 3.63) is 96.1 Å². The van der Waals surface area contributed by atoms with Crippen LogP contribution in [0.3, 0.4) is 0 Å². The van der Waals surface area contributed by atoms with Crippen LogP contribution < -0.4 is 10.1 Å². The number of imidazole rings is 1. The van der Waals surface area contributed by atoms with Crippen molar-refractivity contribution in [1.82, 2.24) is 24.8 Å². The molecule has 0 aliphatic heterocycles. The van der Waals surface area contributed by atoms with Gasteiger partial charge < -0.3 is 14.6 Å². The largest absolute Gasteiger partial charge is 0.497 e. The van der Waals surface area contributed by atoms with Crippen LogP contribution in [-0.2, 0) is 13.0 Å². The summed E-state index contributed by atoms with van der Waals surface area (Å²) in [6.07, 6.45) is 4.12. The lowest BCUT2D eigenvalue weighted by Gasteiger charge is -2.23. The van der Waals surface area contributed by atoms with E-state index >= 15 is 0 Å². The van der Waals surface area contributed by atoms with Gasteiger partial charge in [-0.15, -0.1) is 0 Å². The lowest BCUT2D eigenvalue weighted by molar-refractivity contribution is 0.0922. The van der Waals surface area contributed by atoms with Crippen LogP contribution >= 0.6 is 0 Å². The highest BCUT2D eigenvalue weighted by Crippen LogP contribution is 2.29. The molecule has 2 heterocycles. The molecule has 7 nitrogen and oxygen atoms in total. The number of nitrogens with one attached hydrogen (secondary N) is 1. The average molecular weight is 480 g/mol. The van der Waals surface area contributed by atoms with Crippen LogP contribution in [0.4, 0.5) is 0 Å². The zero-order valence-corrected chi connectivity index (χ0v) is 20.7. The van der Waals surface area contributed by atoms with Gasteiger partial charge in [-0.25, -0.2) is 4.98 Å². The van der Waals surface area contributed by atoms with Crippen LogP contribution in [0.2, 0.25) is 0 Å². The number of fused-ring (bicyclic) bond motifs is 2. The fourth-order valence-electron chi connectivity index (χ4n) is 4.46. The maximum absolute atomic E-state index is 13.4. The second-order valence-corrected chi connectivity index (χ2v) is 9.17. The smallest absolute Gasteiger partial charge is 0.251 e. The summed E-state index contributed by atoms with van der Waals surface area (Å²) in [4.78, 5) is 27.0. The van der Waals surface area contributed by atoms with Crippen molar-refractivity contribution in [2.24, 2.45) is 5.92 Å². The Kier molecular flexibility index (Phi) is 6.62. The number of carbonyl (C=O) groups is 1. The van der Waals surface area contributed by atoms with Crippen molar-refractivity contribution in [2.75, 3.05) is 7.11 Å². The van der Waals surface area contributed by atoms with Gasteiger partial charge >= 0.3 is 0 Å². The topological polar surface area (TPSA) is 81.9 Å². The molecule has 1 atom stereocenters. The molecule has 182 valence electrons. The zero-order valence-electron chi connectivity index (χ0n) is 20.7. The molecule has 0 spiro atoms. The van der Waals surface area contributed by atoms with E-state index in [2.05, 4.69) is 58.0 Å². The van der Waals surface area contributed by atoms with Crippen molar-refractivity contribution in [1.29, 1.82) is 0 Å². The van der Waals surface area contributed by atoms with Crippen molar-refractivity contribution in [3.8, 4) is 5.75 Å². The van der Waals surface area contributed by atoms with Gasteiger partial charge in [-0.3, -0.25) is 14.8 Å². The van der Waals surface area contributed by atoms with E-state index in [0.717, 1.165) is 41.1 Å². The Hall–Kier alpha value is -4.26. The van der Waals surface area contributed by atoms with Crippen LogP contribution in [0.5, 0.6) is 5.75 Å². The number of carbonyl (C=O) groups excluding carboxylic acids is 1. The van der Waals surface area contributed by atoms with Crippen molar-refractivity contribution in [3.63, 3.8) is 0 Å². The number of ether oxygens (including phenoxy) is 1. The van der Waals surface area contributed by atoms with Crippen LogP contribution in [0, 0.1) is 5.92 Å². The fraction of sp³-hybridized carbons (Fsp3) is 0.241. The molecule has 0 saturated heterocycles. The summed E-state index contributed by atoms with van der Waals surface area (Å²) in [5, 5.41) is 3.24. The zero-order chi connectivity index (χ0) is 25.1. The molecular formula is C29H29N5O2. The Morgan fingerprint density at radius 1 is 0.944 bits per heavy atom. The summed E-state index contributed by atoms with van der Waals surface area (Å²) >= 11 is 0. The summed E-state index contributed by atoms with van der Waals surface area (Å²) in [6.45, 7) is 4.92. The number of hydrogen-bond acceptors (Lipinski definition) is 5. The van der Waals surface area contributed by atoms with Gasteiger partial charge in [0.15, 0.2) is 0 Å². The van der Waals surface area contributed by atoms with Gasteiger partial charge in [0, 0.05) is 30.6 Å². The predicted molar refractivity (Wildman–Crippen MR) is 141 cm³/mol. The summed E-state index contributed by atoms with van der Waals surface area (Å²) in [5.41, 5.74) is 5.10. The molecule has 3 aromatic carbocycles. The lowest BCUT2D eigenvalue weighted by atomic mass is 10.0. The standard InChI is InChI=1S/C29H29N5O2/c1-19(2)27(33-29(35)21-9-11-23-25(17-21)31-15-14-30-23)28-32-24-12-10-22(36-3)18-26(24)34(28)16-13-20-7-5-4-6-8-20/h4-12,14-15,17-19,27H,13,16H2,1-3H3,(H,33,35). The van der Waals surface area contributed by atoms with Gasteiger partial charge in [-0.05, 0) is 48.2 Å². The van der Waals surface area contributed by atoms with Gasteiger partial charge in [0.05, 0.1) is 35.2 Å². The predicted octanol–water partition coefficient (Wildman–Crippen LogP) is 5.36. The van der Waals surface area contributed by atoms with E-state index in [0.29, 0.717) is 11.1 Å². The number of amides is 1. The molecule has 0 bridgehead atoms. The number of methoxy groups -OCH3 is 1. The molecule has 5 rings (SSSR count). The Morgan fingerprint density at radius 2 is 1.69 bits per heavy atom. The highest BCUT2D eigenvalue weighted by molar-refractivity contribution is 5.97. The second kappa shape index (κ2) is 10.2. The van der Waals surface area contributed by atoms with Gasteiger partial charge in [-0.2, -0.15) is 0 Å². The molecule has 0 fully saturated rings. The number of hydrogen-bond donors (Lipinski definition) is 1. The number of rotatable bonds is 8. The normalized spacial score (nSPS) is 12.2. The van der Waals surface area contributed by atoms with E-state index in [1.807, 2.05) is 30.3 Å². The molecule has 36 heavy (non-hydrogen) atoms. The molecular weight excluding hydrogens is 450 g/mol. The van der Waals surface area contributed by atoms with E-state index in [1.165, 1.54) is 5.56 Å². The maximum atomic E-state index is 13.4. The Morgan fingerprint density at radius 3 is 2.44 bits per heavy atom. The Bertz CT molecular complexity index is 1510. The van der Waals surface area contributed by atoms with Crippen LogP contribution in [-0.4, -0.2) is 32.5 Å². The number of aromatic nitrogens is 4. The molecule has 0 saturated carbocycles. The first-order chi connectivity index (χ1) is 17.5. The maximum Gasteiger partial charge on any atom is 0.251 e. The Labute approximate surface area is 210 Å². The molecule has 0 aliphatic rings. The molecule has 1 unspecified atom stereocenters. The van der Waals surface area contributed by atoms with Gasteiger partial charge in [0.1, 0.15) is 11.6 Å². The van der Waals surface area contributed by atoms with Crippen LogP contribution in [0.1, 0.15) is 41.6 Å². The molecule has 1 amide bonds. The Balaban J connectivity index is 1.51. The quantitative estimate of drug-likeness (QED) is 0.324. The van der Waals surface area contributed by atoms with E-state index in [-0.39, 0.29) is 17.9 Å². The molecule has 5 aromatic rings. The SMILES string of the molecule is COc1ccc2nc(C(NC(=O)c3ccc4nccnc4c3)C(C)C)n(CCc3ccccc3)c2c1. The van der Waals surface area contributed by atoms with E-state index in [4.69, 9.17) is 9.72 Å². The van der Waals surface area contributed by atoms with Gasteiger partial charge in [0.25, 0.3) is 5.91 Å². The first-order valence-electron chi connectivity index (χ1n) is 12.1. The van der Waals surface area contributed by atoms with E-state index in [1.54, 1.807) is 31.6 Å². The first kappa shape index (κ1) is 23.5. The second-order valence-electron chi connectivity index (χ2n) is 9.17. The minimum atomic E-state index is -0.288. The fourth-order valence-corrected chi connectivity index (χ4v) is 4.46. The van der Waals surface area contributed by atoms with Crippen LogP contribution in [0.25, 0.3) is 22.1 Å². The lowest BCUT2D eigenvalue weighted by Crippen LogP contribution is -2.34. The van der Waals surface area contributed by atoms with Crippen molar-refractivity contribution >= 4 is 28.0 Å². The molecule has 1 N–H and O–H groups in total. The number of aryl methyl sites for hydroxylation is 2.